The van der Waals surface area contributed by atoms with Crippen LogP contribution >= 0.6 is 11.3 Å². The summed E-state index contributed by atoms with van der Waals surface area (Å²) in [6.45, 7) is 0. The van der Waals surface area contributed by atoms with Gasteiger partial charge in [0.2, 0.25) is 0 Å². The normalized spacial score (nSPS) is 11.7. The van der Waals surface area contributed by atoms with E-state index in [9.17, 15) is 0 Å². The molecule has 0 bridgehead atoms. The van der Waals surface area contributed by atoms with Crippen molar-refractivity contribution in [3.8, 4) is 44.9 Å². The van der Waals surface area contributed by atoms with Gasteiger partial charge in [0.15, 0.2) is 0 Å². The van der Waals surface area contributed by atoms with Gasteiger partial charge in [-0.2, -0.15) is 0 Å². The molecule has 0 atom stereocenters. The molecule has 0 saturated heterocycles. The lowest BCUT2D eigenvalue weighted by Gasteiger charge is -2.10. The minimum Gasteiger partial charge on any atom is -0.247 e. The second kappa shape index (κ2) is 11.2. The van der Waals surface area contributed by atoms with E-state index in [4.69, 9.17) is 15.0 Å². The summed E-state index contributed by atoms with van der Waals surface area (Å²) in [6, 6.07) is 57.7. The monoisotopic (exact) mass is 641 g/mol. The summed E-state index contributed by atoms with van der Waals surface area (Å²) < 4.78 is 2.57. The van der Waals surface area contributed by atoms with Crippen LogP contribution in [0.2, 0.25) is 0 Å². The highest BCUT2D eigenvalue weighted by Crippen LogP contribution is 2.43. The minimum absolute atomic E-state index is 0.916. The molecule has 0 N–H and O–H groups in total. The molecule has 0 radical (unpaired) electrons. The smallest absolute Gasteiger partial charge is 0.0972 e. The van der Waals surface area contributed by atoms with Crippen LogP contribution in [0.25, 0.3) is 97.8 Å². The maximum absolute atomic E-state index is 5.32. The first-order valence-corrected chi connectivity index (χ1v) is 17.3. The predicted molar refractivity (Wildman–Crippen MR) is 207 cm³/mol. The molecule has 4 heterocycles. The molecule has 10 aromatic rings. The van der Waals surface area contributed by atoms with E-state index in [2.05, 4.69) is 146 Å². The molecule has 4 heteroatoms. The molecule has 10 rings (SSSR count). The Hall–Kier alpha value is -6.23. The van der Waals surface area contributed by atoms with Gasteiger partial charge in [-0.15, -0.1) is 11.3 Å². The molecule has 0 spiro atoms. The van der Waals surface area contributed by atoms with Gasteiger partial charge >= 0.3 is 0 Å². The van der Waals surface area contributed by atoms with Crippen molar-refractivity contribution in [3.05, 3.63) is 164 Å². The van der Waals surface area contributed by atoms with Gasteiger partial charge in [-0.25, -0.2) is 15.0 Å². The zero-order chi connectivity index (χ0) is 32.3. The highest BCUT2D eigenvalue weighted by atomic mass is 32.1. The molecule has 0 amide bonds. The van der Waals surface area contributed by atoms with Crippen molar-refractivity contribution in [2.24, 2.45) is 0 Å². The third kappa shape index (κ3) is 4.68. The molecule has 49 heavy (non-hydrogen) atoms. The van der Waals surface area contributed by atoms with Crippen molar-refractivity contribution in [2.75, 3.05) is 0 Å². The molecule has 0 aliphatic heterocycles. The van der Waals surface area contributed by atoms with Crippen molar-refractivity contribution >= 4 is 64.2 Å². The summed E-state index contributed by atoms with van der Waals surface area (Å²) >= 11 is 1.85. The second-order valence-corrected chi connectivity index (χ2v) is 13.5. The molecular weight excluding hydrogens is 615 g/mol. The van der Waals surface area contributed by atoms with Gasteiger partial charge in [0.1, 0.15) is 0 Å². The second-order valence-electron chi connectivity index (χ2n) is 12.4. The minimum atomic E-state index is 0.916. The Morgan fingerprint density at radius 3 is 1.63 bits per heavy atom. The molecule has 0 unspecified atom stereocenters. The van der Waals surface area contributed by atoms with Gasteiger partial charge in [0.25, 0.3) is 0 Å². The highest BCUT2D eigenvalue weighted by Gasteiger charge is 2.17. The maximum Gasteiger partial charge on any atom is 0.0972 e. The van der Waals surface area contributed by atoms with E-state index in [1.165, 1.54) is 25.6 Å². The topological polar surface area (TPSA) is 38.7 Å². The Balaban J connectivity index is 1.06. The van der Waals surface area contributed by atoms with Crippen LogP contribution in [0.3, 0.4) is 0 Å². The Kier molecular flexibility index (Phi) is 6.36. The third-order valence-electron chi connectivity index (χ3n) is 9.46. The molecule has 0 aliphatic carbocycles. The predicted octanol–water partition coefficient (Wildman–Crippen LogP) is 12.4. The van der Waals surface area contributed by atoms with E-state index in [0.29, 0.717) is 0 Å². The Bertz CT molecular complexity index is 2860. The average Bonchev–Trinajstić information content (AvgIpc) is 3.58. The van der Waals surface area contributed by atoms with Crippen LogP contribution in [0.15, 0.2) is 164 Å². The lowest BCUT2D eigenvalue weighted by atomic mass is 9.99. The van der Waals surface area contributed by atoms with Crippen LogP contribution in [0.4, 0.5) is 0 Å². The van der Waals surface area contributed by atoms with Gasteiger partial charge < -0.3 is 0 Å². The first-order chi connectivity index (χ1) is 24.3. The summed E-state index contributed by atoms with van der Waals surface area (Å²) in [5, 5.41) is 5.85. The van der Waals surface area contributed by atoms with E-state index in [-0.39, 0.29) is 0 Å². The number of hydrogen-bond acceptors (Lipinski definition) is 4. The van der Waals surface area contributed by atoms with E-state index in [1.54, 1.807) is 0 Å². The van der Waals surface area contributed by atoms with Gasteiger partial charge in [-0.05, 0) is 35.4 Å². The van der Waals surface area contributed by atoms with E-state index in [1.807, 2.05) is 29.5 Å². The number of fused-ring (bicyclic) bond motifs is 8. The number of nitrogens with zero attached hydrogens (tertiary/aromatic N) is 3. The number of rotatable bonds is 4. The van der Waals surface area contributed by atoms with Crippen molar-refractivity contribution in [1.82, 2.24) is 15.0 Å². The van der Waals surface area contributed by atoms with E-state index >= 15 is 0 Å². The lowest BCUT2D eigenvalue weighted by Crippen LogP contribution is -1.91. The fraction of sp³-hybridized carbons (Fsp3) is 0. The average molecular weight is 642 g/mol. The maximum atomic E-state index is 5.32. The largest absolute Gasteiger partial charge is 0.247 e. The lowest BCUT2D eigenvalue weighted by molar-refractivity contribution is 1.36. The van der Waals surface area contributed by atoms with Gasteiger partial charge in [-0.1, -0.05) is 140 Å². The van der Waals surface area contributed by atoms with Crippen molar-refractivity contribution in [1.29, 1.82) is 0 Å². The third-order valence-corrected chi connectivity index (χ3v) is 10.7. The SMILES string of the molecule is c1ccc(-c2ccc3ccc4ccc(-c5ccc(-c6ccc7c(c6)nc(-c6ccccc6)c6c8ccccc8sc76)cc5)nc4c3n2)cc1. The van der Waals surface area contributed by atoms with Crippen LogP contribution in [0, 0.1) is 0 Å². The van der Waals surface area contributed by atoms with Gasteiger partial charge in [0, 0.05) is 53.0 Å². The fourth-order valence-electron chi connectivity index (χ4n) is 6.98. The van der Waals surface area contributed by atoms with E-state index in [0.717, 1.165) is 72.2 Å². The zero-order valence-corrected chi connectivity index (χ0v) is 27.2. The Labute approximate surface area is 286 Å². The summed E-state index contributed by atoms with van der Waals surface area (Å²) in [5.74, 6) is 0. The van der Waals surface area contributed by atoms with Gasteiger partial charge in [0.05, 0.1) is 33.6 Å². The van der Waals surface area contributed by atoms with Crippen molar-refractivity contribution in [2.45, 2.75) is 0 Å². The molecule has 0 saturated carbocycles. The molecular formula is C45H27N3S. The van der Waals surface area contributed by atoms with Crippen LogP contribution < -0.4 is 0 Å². The first kappa shape index (κ1) is 27.8. The summed E-state index contributed by atoms with van der Waals surface area (Å²) in [4.78, 5) is 15.6. The molecule has 4 aromatic heterocycles. The summed E-state index contributed by atoms with van der Waals surface area (Å²) in [7, 11) is 0. The van der Waals surface area contributed by atoms with E-state index < -0.39 is 0 Å². The first-order valence-electron chi connectivity index (χ1n) is 16.4. The Morgan fingerprint density at radius 1 is 0.388 bits per heavy atom. The van der Waals surface area contributed by atoms with Crippen LogP contribution in [-0.4, -0.2) is 15.0 Å². The Morgan fingerprint density at radius 2 is 0.939 bits per heavy atom. The number of benzene rings is 6. The number of pyridine rings is 3. The van der Waals surface area contributed by atoms with Crippen LogP contribution in [0.5, 0.6) is 0 Å². The molecule has 0 aliphatic rings. The summed E-state index contributed by atoms with van der Waals surface area (Å²) in [5.41, 5.74) is 11.3. The highest BCUT2D eigenvalue weighted by molar-refractivity contribution is 7.26. The summed E-state index contributed by atoms with van der Waals surface area (Å²) in [6.07, 6.45) is 0. The molecule has 228 valence electrons. The van der Waals surface area contributed by atoms with Crippen LogP contribution in [0.1, 0.15) is 0 Å². The van der Waals surface area contributed by atoms with Gasteiger partial charge in [-0.3, -0.25) is 0 Å². The zero-order valence-electron chi connectivity index (χ0n) is 26.3. The number of hydrogen-bond donors (Lipinski definition) is 0. The quantitative estimate of drug-likeness (QED) is 0.180. The number of aromatic nitrogens is 3. The standard InChI is InChI=1S/C45H27N3S/c1-3-9-29(10-4-1)37-25-22-32-19-20-33-23-26-38(47-44(33)43(32)46-37)30-17-15-28(16-18-30)34-21-24-35-39(27-34)48-42(31-11-5-2-6-12-31)41-36-13-7-8-14-40(36)49-45(35)41/h1-27H. The van der Waals surface area contributed by atoms with Crippen molar-refractivity contribution < 1.29 is 0 Å². The molecule has 6 aromatic carbocycles. The fourth-order valence-corrected chi connectivity index (χ4v) is 8.22. The molecule has 3 nitrogen and oxygen atoms in total. The van der Waals surface area contributed by atoms with Crippen LogP contribution in [-0.2, 0) is 0 Å². The van der Waals surface area contributed by atoms with Crippen molar-refractivity contribution in [3.63, 3.8) is 0 Å². The molecule has 0 fully saturated rings. The number of thiophene rings is 1.